The highest BCUT2D eigenvalue weighted by molar-refractivity contribution is 5.29. The summed E-state index contributed by atoms with van der Waals surface area (Å²) in [5, 5.41) is 13.1. The molecule has 1 atom stereocenters. The maximum atomic E-state index is 9.45. The molecule has 2 heteroatoms. The second kappa shape index (κ2) is 8.48. The van der Waals surface area contributed by atoms with Crippen LogP contribution in [0.15, 0.2) is 54.6 Å². The Hall–Kier alpha value is -1.80. The molecule has 0 saturated heterocycles. The number of phenolic OH excluding ortho intramolecular Hbond substituents is 1. The molecule has 0 heterocycles. The number of phenols is 1. The summed E-state index contributed by atoms with van der Waals surface area (Å²) in [7, 11) is 0. The molecule has 0 amide bonds. The third-order valence-corrected chi connectivity index (χ3v) is 3.75. The molecule has 2 aromatic rings. The molecule has 112 valence electrons. The molecule has 0 spiro atoms. The van der Waals surface area contributed by atoms with Crippen LogP contribution in [0.25, 0.3) is 0 Å². The van der Waals surface area contributed by atoms with E-state index in [1.165, 1.54) is 30.4 Å². The molecule has 2 rings (SSSR count). The fourth-order valence-corrected chi connectivity index (χ4v) is 2.52. The lowest BCUT2D eigenvalue weighted by Crippen LogP contribution is -2.24. The monoisotopic (exact) mass is 283 g/mol. The van der Waals surface area contributed by atoms with E-state index in [4.69, 9.17) is 0 Å². The average Bonchev–Trinajstić information content (AvgIpc) is 2.52. The Morgan fingerprint density at radius 1 is 0.952 bits per heavy atom. The zero-order chi connectivity index (χ0) is 14.9. The van der Waals surface area contributed by atoms with Crippen LogP contribution < -0.4 is 5.32 Å². The summed E-state index contributed by atoms with van der Waals surface area (Å²) in [6.07, 6.45) is 4.68. The van der Waals surface area contributed by atoms with Crippen molar-refractivity contribution in [2.24, 2.45) is 0 Å². The van der Waals surface area contributed by atoms with Gasteiger partial charge in [0.15, 0.2) is 0 Å². The molecule has 0 fully saturated rings. The van der Waals surface area contributed by atoms with E-state index in [-0.39, 0.29) is 0 Å². The van der Waals surface area contributed by atoms with E-state index in [9.17, 15) is 5.11 Å². The highest BCUT2D eigenvalue weighted by atomic mass is 16.3. The molecular weight excluding hydrogens is 258 g/mol. The fraction of sp³-hybridized carbons (Fsp3) is 0.368. The van der Waals surface area contributed by atoms with Gasteiger partial charge in [0.1, 0.15) is 5.75 Å². The molecule has 2 nitrogen and oxygen atoms in total. The van der Waals surface area contributed by atoms with Crippen LogP contribution in [0.5, 0.6) is 5.75 Å². The van der Waals surface area contributed by atoms with Gasteiger partial charge >= 0.3 is 0 Å². The van der Waals surface area contributed by atoms with Crippen molar-refractivity contribution in [1.82, 2.24) is 5.32 Å². The van der Waals surface area contributed by atoms with Crippen LogP contribution in [0.3, 0.4) is 0 Å². The van der Waals surface area contributed by atoms with Crippen molar-refractivity contribution in [3.8, 4) is 5.75 Å². The van der Waals surface area contributed by atoms with E-state index in [0.29, 0.717) is 11.8 Å². The smallest absolute Gasteiger partial charge is 0.115 e. The van der Waals surface area contributed by atoms with Gasteiger partial charge in [0.25, 0.3) is 0 Å². The predicted molar refractivity (Wildman–Crippen MR) is 88.5 cm³/mol. The third-order valence-electron chi connectivity index (χ3n) is 3.75. The van der Waals surface area contributed by atoms with Crippen LogP contribution in [0.1, 0.15) is 43.4 Å². The number of unbranched alkanes of at least 4 members (excludes halogenated alkanes) is 2. The lowest BCUT2D eigenvalue weighted by atomic mass is 9.98. The summed E-state index contributed by atoms with van der Waals surface area (Å²) >= 11 is 0. The molecule has 0 aromatic heterocycles. The lowest BCUT2D eigenvalue weighted by Gasteiger charge is -2.19. The Bertz CT molecular complexity index is 507. The van der Waals surface area contributed by atoms with Gasteiger partial charge in [-0.2, -0.15) is 0 Å². The highest BCUT2D eigenvalue weighted by Crippen LogP contribution is 2.21. The standard InChI is InChI=1S/C19H25NO/c1-2-3-7-14-20-19(15-16-8-5-4-6-9-16)17-10-12-18(21)13-11-17/h4-6,8-13,19-21H,2-3,7,14-15H2,1H3/t19-/m0/s1. The molecule has 0 aliphatic carbocycles. The van der Waals surface area contributed by atoms with Gasteiger partial charge in [-0.15, -0.1) is 0 Å². The van der Waals surface area contributed by atoms with Gasteiger partial charge in [0.2, 0.25) is 0 Å². The highest BCUT2D eigenvalue weighted by Gasteiger charge is 2.11. The molecule has 21 heavy (non-hydrogen) atoms. The number of hydrogen-bond acceptors (Lipinski definition) is 2. The van der Waals surface area contributed by atoms with E-state index in [0.717, 1.165) is 13.0 Å². The molecule has 0 aliphatic heterocycles. The van der Waals surface area contributed by atoms with Crippen LogP contribution >= 0.6 is 0 Å². The molecule has 2 aromatic carbocycles. The maximum absolute atomic E-state index is 9.45. The van der Waals surface area contributed by atoms with Gasteiger partial charge in [-0.3, -0.25) is 0 Å². The molecule has 2 N–H and O–H groups in total. The van der Waals surface area contributed by atoms with Gasteiger partial charge < -0.3 is 10.4 Å². The van der Waals surface area contributed by atoms with Gasteiger partial charge in [-0.05, 0) is 42.6 Å². The van der Waals surface area contributed by atoms with E-state index in [1.54, 1.807) is 12.1 Å². The van der Waals surface area contributed by atoms with E-state index in [2.05, 4.69) is 36.5 Å². The first-order chi connectivity index (χ1) is 10.3. The Morgan fingerprint density at radius 2 is 1.67 bits per heavy atom. The normalized spacial score (nSPS) is 12.2. The van der Waals surface area contributed by atoms with Crippen molar-refractivity contribution in [3.63, 3.8) is 0 Å². The summed E-state index contributed by atoms with van der Waals surface area (Å²) in [6, 6.07) is 18.4. The minimum absolute atomic E-state index is 0.296. The molecule has 0 unspecified atom stereocenters. The van der Waals surface area contributed by atoms with Crippen LogP contribution in [-0.2, 0) is 6.42 Å². The Balaban J connectivity index is 2.04. The Morgan fingerprint density at radius 3 is 2.33 bits per heavy atom. The second-order valence-electron chi connectivity index (χ2n) is 5.50. The number of nitrogens with one attached hydrogen (secondary N) is 1. The van der Waals surface area contributed by atoms with E-state index in [1.807, 2.05) is 18.2 Å². The molecule has 0 aliphatic rings. The number of aromatic hydroxyl groups is 1. The summed E-state index contributed by atoms with van der Waals surface area (Å²) in [6.45, 7) is 3.26. The van der Waals surface area contributed by atoms with E-state index >= 15 is 0 Å². The van der Waals surface area contributed by atoms with Crippen molar-refractivity contribution < 1.29 is 5.11 Å². The van der Waals surface area contributed by atoms with Crippen molar-refractivity contribution in [3.05, 3.63) is 65.7 Å². The summed E-state index contributed by atoms with van der Waals surface area (Å²) in [5.74, 6) is 0.322. The van der Waals surface area contributed by atoms with E-state index < -0.39 is 0 Å². The van der Waals surface area contributed by atoms with Crippen LogP contribution in [-0.4, -0.2) is 11.7 Å². The number of rotatable bonds is 8. The topological polar surface area (TPSA) is 32.3 Å². The van der Waals surface area contributed by atoms with Gasteiger partial charge in [-0.1, -0.05) is 62.2 Å². The molecule has 0 bridgehead atoms. The molecule has 0 radical (unpaired) electrons. The maximum Gasteiger partial charge on any atom is 0.115 e. The fourth-order valence-electron chi connectivity index (χ4n) is 2.52. The van der Waals surface area contributed by atoms with Crippen molar-refractivity contribution in [1.29, 1.82) is 0 Å². The number of hydrogen-bond donors (Lipinski definition) is 2. The van der Waals surface area contributed by atoms with Crippen molar-refractivity contribution in [2.45, 2.75) is 38.6 Å². The zero-order valence-corrected chi connectivity index (χ0v) is 12.8. The lowest BCUT2D eigenvalue weighted by molar-refractivity contribution is 0.473. The summed E-state index contributed by atoms with van der Waals surface area (Å²) in [5.41, 5.74) is 2.56. The first-order valence-corrected chi connectivity index (χ1v) is 7.86. The first kappa shape index (κ1) is 15.6. The van der Waals surface area contributed by atoms with Crippen molar-refractivity contribution in [2.75, 3.05) is 6.54 Å². The largest absolute Gasteiger partial charge is 0.508 e. The first-order valence-electron chi connectivity index (χ1n) is 7.86. The molecule has 0 saturated carbocycles. The quantitative estimate of drug-likeness (QED) is 0.701. The summed E-state index contributed by atoms with van der Waals surface area (Å²) in [4.78, 5) is 0. The van der Waals surface area contributed by atoms with Gasteiger partial charge in [-0.25, -0.2) is 0 Å². The average molecular weight is 283 g/mol. The van der Waals surface area contributed by atoms with Crippen LogP contribution in [0.2, 0.25) is 0 Å². The number of benzene rings is 2. The Kier molecular flexibility index (Phi) is 6.29. The minimum atomic E-state index is 0.296. The third kappa shape index (κ3) is 5.24. The molecular formula is C19H25NO. The van der Waals surface area contributed by atoms with Gasteiger partial charge in [0.05, 0.1) is 0 Å². The van der Waals surface area contributed by atoms with Gasteiger partial charge in [0, 0.05) is 6.04 Å². The second-order valence-corrected chi connectivity index (χ2v) is 5.50. The Labute approximate surface area is 127 Å². The minimum Gasteiger partial charge on any atom is -0.508 e. The predicted octanol–water partition coefficient (Wildman–Crippen LogP) is 4.46. The zero-order valence-electron chi connectivity index (χ0n) is 12.8. The van der Waals surface area contributed by atoms with Crippen LogP contribution in [0.4, 0.5) is 0 Å². The van der Waals surface area contributed by atoms with Crippen LogP contribution in [0, 0.1) is 0 Å². The SMILES string of the molecule is CCCCCN[C@@H](Cc1ccccc1)c1ccc(O)cc1. The summed E-state index contributed by atoms with van der Waals surface area (Å²) < 4.78 is 0. The van der Waals surface area contributed by atoms with Crippen molar-refractivity contribution >= 4 is 0 Å².